The summed E-state index contributed by atoms with van der Waals surface area (Å²) in [6.07, 6.45) is 5.84. The van der Waals surface area contributed by atoms with Crippen molar-refractivity contribution in [3.63, 3.8) is 0 Å². The number of sulfonamides is 1. The van der Waals surface area contributed by atoms with Crippen LogP contribution in [0.2, 0.25) is 5.02 Å². The van der Waals surface area contributed by atoms with Gasteiger partial charge in [0.1, 0.15) is 4.90 Å². The van der Waals surface area contributed by atoms with Crippen LogP contribution in [0, 0.1) is 0 Å². The van der Waals surface area contributed by atoms with Crippen LogP contribution in [0.4, 0.5) is 5.69 Å². The molecule has 0 N–H and O–H groups in total. The Hall–Kier alpha value is -1.93. The Morgan fingerprint density at radius 2 is 1.77 bits per heavy atom. The van der Waals surface area contributed by atoms with Gasteiger partial charge in [-0.3, -0.25) is 0 Å². The minimum Gasteiger partial charge on any atom is -0.313 e. The molecule has 0 aliphatic heterocycles. The fraction of sp³-hybridized carbons (Fsp3) is 0.348. The largest absolute Gasteiger partial charge is 0.313 e. The van der Waals surface area contributed by atoms with Crippen LogP contribution in [0.15, 0.2) is 63.8 Å². The summed E-state index contributed by atoms with van der Waals surface area (Å²) in [5.74, 6) is 0. The number of nitrogens with zero attached hydrogens (tertiary/aromatic N) is 3. The highest BCUT2D eigenvalue weighted by molar-refractivity contribution is 7.89. The Balaban J connectivity index is 1.89. The summed E-state index contributed by atoms with van der Waals surface area (Å²) in [5.41, 5.74) is 2.73. The molecular weight excluding hydrogens is 450 g/mol. The van der Waals surface area contributed by atoms with Gasteiger partial charge in [-0.25, -0.2) is 17.7 Å². The van der Waals surface area contributed by atoms with E-state index in [2.05, 4.69) is 9.95 Å². The molecule has 3 aromatic rings. The monoisotopic (exact) mass is 475 g/mol. The lowest BCUT2D eigenvalue weighted by molar-refractivity contribution is 0.351. The van der Waals surface area contributed by atoms with Gasteiger partial charge in [0.05, 0.1) is 16.4 Å². The predicted molar refractivity (Wildman–Crippen MR) is 127 cm³/mol. The smallest absolute Gasteiger partial charge is 0.244 e. The van der Waals surface area contributed by atoms with E-state index in [1.54, 1.807) is 23.5 Å². The van der Waals surface area contributed by atoms with Crippen LogP contribution in [-0.2, 0) is 10.0 Å². The zero-order valence-electron chi connectivity index (χ0n) is 17.7. The summed E-state index contributed by atoms with van der Waals surface area (Å²) in [4.78, 5) is 5.96. The van der Waals surface area contributed by atoms with Crippen molar-refractivity contribution >= 4 is 38.6 Å². The van der Waals surface area contributed by atoms with Crippen molar-refractivity contribution in [3.05, 3.63) is 63.7 Å². The SMILES string of the molecule is CN(C)S(=O)(=O)c1cc(-c2csc(=Nc3ccccc3)n2C2CCCCC2)ccc1Cl. The molecule has 164 valence electrons. The number of halogens is 1. The highest BCUT2D eigenvalue weighted by Crippen LogP contribution is 2.35. The van der Waals surface area contributed by atoms with Gasteiger partial charge in [0.25, 0.3) is 0 Å². The molecule has 0 saturated heterocycles. The van der Waals surface area contributed by atoms with Gasteiger partial charge in [-0.1, -0.05) is 55.1 Å². The maximum Gasteiger partial charge on any atom is 0.244 e. The van der Waals surface area contributed by atoms with E-state index in [-0.39, 0.29) is 9.92 Å². The van der Waals surface area contributed by atoms with Crippen molar-refractivity contribution in [1.82, 2.24) is 8.87 Å². The first-order valence-electron chi connectivity index (χ1n) is 10.4. The van der Waals surface area contributed by atoms with Crippen LogP contribution in [0.5, 0.6) is 0 Å². The van der Waals surface area contributed by atoms with Gasteiger partial charge in [0.2, 0.25) is 10.0 Å². The van der Waals surface area contributed by atoms with Crippen molar-refractivity contribution in [2.24, 2.45) is 4.99 Å². The number of benzene rings is 2. The first-order chi connectivity index (χ1) is 14.9. The molecule has 0 amide bonds. The Morgan fingerprint density at radius 1 is 1.06 bits per heavy atom. The summed E-state index contributed by atoms with van der Waals surface area (Å²) in [6, 6.07) is 15.5. The van der Waals surface area contributed by atoms with E-state index in [9.17, 15) is 8.42 Å². The van der Waals surface area contributed by atoms with Crippen LogP contribution in [0.25, 0.3) is 11.3 Å². The van der Waals surface area contributed by atoms with E-state index in [4.69, 9.17) is 16.6 Å². The normalized spacial score (nSPS) is 16.2. The molecule has 1 aliphatic rings. The van der Waals surface area contributed by atoms with Crippen LogP contribution in [0.1, 0.15) is 38.1 Å². The van der Waals surface area contributed by atoms with E-state index >= 15 is 0 Å². The lowest BCUT2D eigenvalue weighted by Gasteiger charge is -2.25. The third-order valence-electron chi connectivity index (χ3n) is 5.65. The van der Waals surface area contributed by atoms with Crippen molar-refractivity contribution in [1.29, 1.82) is 0 Å². The summed E-state index contributed by atoms with van der Waals surface area (Å²) >= 11 is 7.87. The van der Waals surface area contributed by atoms with E-state index in [0.29, 0.717) is 6.04 Å². The van der Waals surface area contributed by atoms with Crippen molar-refractivity contribution in [2.75, 3.05) is 14.1 Å². The molecule has 1 saturated carbocycles. The molecule has 0 spiro atoms. The van der Waals surface area contributed by atoms with E-state index < -0.39 is 10.0 Å². The molecule has 0 atom stereocenters. The van der Waals surface area contributed by atoms with Crippen LogP contribution >= 0.6 is 22.9 Å². The van der Waals surface area contributed by atoms with Gasteiger partial charge < -0.3 is 4.57 Å². The van der Waals surface area contributed by atoms with Gasteiger partial charge in [-0.15, -0.1) is 11.3 Å². The lowest BCUT2D eigenvalue weighted by Crippen LogP contribution is -2.24. The molecule has 4 rings (SSSR count). The zero-order chi connectivity index (χ0) is 22.0. The molecule has 0 radical (unpaired) electrons. The highest BCUT2D eigenvalue weighted by Gasteiger charge is 2.24. The van der Waals surface area contributed by atoms with Gasteiger partial charge in [-0.2, -0.15) is 0 Å². The fourth-order valence-corrected chi connectivity index (χ4v) is 6.35. The molecular formula is C23H26ClN3O2S2. The molecule has 0 unspecified atom stereocenters. The third-order valence-corrected chi connectivity index (χ3v) is 8.78. The van der Waals surface area contributed by atoms with E-state index in [1.165, 1.54) is 37.7 Å². The van der Waals surface area contributed by atoms with E-state index in [0.717, 1.165) is 34.6 Å². The number of thiazole rings is 1. The first-order valence-corrected chi connectivity index (χ1v) is 13.1. The fourth-order valence-electron chi connectivity index (χ4n) is 3.97. The second-order valence-corrected chi connectivity index (χ2v) is 11.3. The highest BCUT2D eigenvalue weighted by atomic mass is 35.5. The molecule has 2 aromatic carbocycles. The number of aromatic nitrogens is 1. The molecule has 5 nitrogen and oxygen atoms in total. The molecule has 1 aliphatic carbocycles. The maximum absolute atomic E-state index is 12.8. The standard InChI is InChI=1S/C23H26ClN3O2S2/c1-26(2)31(28,29)22-15-17(13-14-20(22)24)21-16-30-23(25-18-9-5-3-6-10-18)27(21)19-11-7-4-8-12-19/h3,5-6,9-10,13-16,19H,4,7-8,11-12H2,1-2H3. The molecule has 0 bridgehead atoms. The molecule has 1 heterocycles. The number of hydrogen-bond acceptors (Lipinski definition) is 4. The number of para-hydroxylation sites is 1. The average Bonchev–Trinajstić information content (AvgIpc) is 3.18. The van der Waals surface area contributed by atoms with Crippen molar-refractivity contribution in [3.8, 4) is 11.3 Å². The van der Waals surface area contributed by atoms with Gasteiger partial charge in [0.15, 0.2) is 4.80 Å². The Bertz CT molecular complexity index is 1230. The lowest BCUT2D eigenvalue weighted by atomic mass is 9.95. The van der Waals surface area contributed by atoms with E-state index in [1.807, 2.05) is 36.4 Å². The topological polar surface area (TPSA) is 54.7 Å². The van der Waals surface area contributed by atoms with Gasteiger partial charge in [-0.05, 0) is 37.1 Å². The molecule has 8 heteroatoms. The molecule has 1 fully saturated rings. The minimum atomic E-state index is -3.65. The second kappa shape index (κ2) is 9.28. The molecule has 31 heavy (non-hydrogen) atoms. The number of rotatable bonds is 5. The average molecular weight is 476 g/mol. The van der Waals surface area contributed by atoms with Crippen LogP contribution in [-0.4, -0.2) is 31.4 Å². The summed E-state index contributed by atoms with van der Waals surface area (Å²) < 4.78 is 29.1. The Kier molecular flexibility index (Phi) is 6.67. The molecule has 1 aromatic heterocycles. The Labute approximate surface area is 192 Å². The Morgan fingerprint density at radius 3 is 2.45 bits per heavy atom. The second-order valence-electron chi connectivity index (χ2n) is 7.95. The van der Waals surface area contributed by atoms with Gasteiger partial charge in [0, 0.05) is 31.1 Å². The first kappa shape index (κ1) is 22.3. The quantitative estimate of drug-likeness (QED) is 0.464. The maximum atomic E-state index is 12.8. The zero-order valence-corrected chi connectivity index (χ0v) is 20.1. The third kappa shape index (κ3) is 4.65. The predicted octanol–water partition coefficient (Wildman–Crippen LogP) is 5.86. The summed E-state index contributed by atoms with van der Waals surface area (Å²) in [7, 11) is -0.614. The summed E-state index contributed by atoms with van der Waals surface area (Å²) in [5, 5.41) is 2.30. The number of hydrogen-bond donors (Lipinski definition) is 0. The van der Waals surface area contributed by atoms with Crippen LogP contribution < -0.4 is 4.80 Å². The van der Waals surface area contributed by atoms with Gasteiger partial charge >= 0.3 is 0 Å². The van der Waals surface area contributed by atoms with Crippen LogP contribution in [0.3, 0.4) is 0 Å². The van der Waals surface area contributed by atoms with Crippen molar-refractivity contribution < 1.29 is 8.42 Å². The van der Waals surface area contributed by atoms with Crippen molar-refractivity contribution in [2.45, 2.75) is 43.0 Å². The minimum absolute atomic E-state index is 0.125. The summed E-state index contributed by atoms with van der Waals surface area (Å²) in [6.45, 7) is 0.